The molecular formula is C11H5BrClF3N4O. The number of fused-ring (bicyclic) bond motifs is 3. The Morgan fingerprint density at radius 1 is 1.24 bits per heavy atom. The van der Waals surface area contributed by atoms with Crippen LogP contribution in [0.4, 0.5) is 13.2 Å². The van der Waals surface area contributed by atoms with E-state index < -0.39 is 11.9 Å². The molecule has 0 saturated carbocycles. The van der Waals surface area contributed by atoms with Gasteiger partial charge in [-0.15, -0.1) is 0 Å². The van der Waals surface area contributed by atoms with Crippen molar-refractivity contribution in [3.63, 3.8) is 0 Å². The normalized spacial score (nSPS) is 12.3. The maximum Gasteiger partial charge on any atom is 0.435 e. The number of hydrogen-bond acceptors (Lipinski definition) is 4. The van der Waals surface area contributed by atoms with Crippen molar-refractivity contribution in [2.24, 2.45) is 0 Å². The van der Waals surface area contributed by atoms with E-state index in [9.17, 15) is 13.2 Å². The van der Waals surface area contributed by atoms with Crippen molar-refractivity contribution >= 4 is 44.2 Å². The van der Waals surface area contributed by atoms with E-state index in [1.165, 1.54) is 13.2 Å². The first-order chi connectivity index (χ1) is 9.82. The molecule has 110 valence electrons. The van der Waals surface area contributed by atoms with Crippen molar-refractivity contribution in [2.75, 3.05) is 7.11 Å². The number of halogens is 5. The molecule has 0 saturated heterocycles. The van der Waals surface area contributed by atoms with Crippen LogP contribution in [0.15, 0.2) is 16.9 Å². The largest absolute Gasteiger partial charge is 0.481 e. The van der Waals surface area contributed by atoms with Crippen LogP contribution in [0.3, 0.4) is 0 Å². The zero-order chi connectivity index (χ0) is 15.4. The molecule has 0 atom stereocenters. The third kappa shape index (κ3) is 2.20. The first-order valence-electron chi connectivity index (χ1n) is 5.48. The highest BCUT2D eigenvalue weighted by Crippen LogP contribution is 2.37. The van der Waals surface area contributed by atoms with E-state index in [0.29, 0.717) is 5.52 Å². The molecule has 0 aromatic carbocycles. The van der Waals surface area contributed by atoms with Crippen LogP contribution in [0.25, 0.3) is 16.7 Å². The summed E-state index contributed by atoms with van der Waals surface area (Å²) in [6.07, 6.45) is -4.66. The lowest BCUT2D eigenvalue weighted by molar-refractivity contribution is -0.139. The number of methoxy groups -OCH3 is 1. The highest BCUT2D eigenvalue weighted by molar-refractivity contribution is 9.10. The number of nitrogens with zero attached hydrogens (tertiary/aromatic N) is 4. The number of rotatable bonds is 1. The van der Waals surface area contributed by atoms with Gasteiger partial charge in [-0.3, -0.25) is 4.40 Å². The van der Waals surface area contributed by atoms with Gasteiger partial charge in [-0.1, -0.05) is 11.6 Å². The topological polar surface area (TPSA) is 52.3 Å². The molecule has 0 aliphatic rings. The minimum absolute atomic E-state index is 0.0696. The van der Waals surface area contributed by atoms with E-state index >= 15 is 0 Å². The van der Waals surface area contributed by atoms with Crippen LogP contribution in [0.5, 0.6) is 5.88 Å². The molecule has 0 bridgehead atoms. The molecule has 0 amide bonds. The molecule has 3 aromatic rings. The molecule has 3 aromatic heterocycles. The van der Waals surface area contributed by atoms with Gasteiger partial charge in [0, 0.05) is 6.07 Å². The summed E-state index contributed by atoms with van der Waals surface area (Å²) in [5, 5.41) is -0.306. The fourth-order valence-corrected chi connectivity index (χ4v) is 2.71. The van der Waals surface area contributed by atoms with Crippen LogP contribution >= 0.6 is 27.5 Å². The Kier molecular flexibility index (Phi) is 3.21. The van der Waals surface area contributed by atoms with E-state index in [4.69, 9.17) is 16.3 Å². The fraction of sp³-hybridized carbons (Fsp3) is 0.182. The van der Waals surface area contributed by atoms with Gasteiger partial charge in [-0.25, -0.2) is 9.97 Å². The summed E-state index contributed by atoms with van der Waals surface area (Å²) in [5.41, 5.74) is -1.01. The Bertz CT molecular complexity index is 864. The van der Waals surface area contributed by atoms with Crippen LogP contribution in [0, 0.1) is 0 Å². The number of imidazole rings is 1. The Morgan fingerprint density at radius 3 is 2.57 bits per heavy atom. The summed E-state index contributed by atoms with van der Waals surface area (Å²) >= 11 is 8.88. The van der Waals surface area contributed by atoms with Gasteiger partial charge in [0.05, 0.1) is 7.11 Å². The molecule has 0 radical (unpaired) electrons. The molecule has 0 unspecified atom stereocenters. The molecule has 0 fully saturated rings. The maximum absolute atomic E-state index is 13.0. The average molecular weight is 382 g/mol. The third-order valence-electron chi connectivity index (χ3n) is 2.77. The maximum atomic E-state index is 13.0. The van der Waals surface area contributed by atoms with Crippen molar-refractivity contribution in [2.45, 2.75) is 6.18 Å². The minimum atomic E-state index is -4.66. The third-order valence-corrected chi connectivity index (χ3v) is 3.56. The summed E-state index contributed by atoms with van der Waals surface area (Å²) in [5.74, 6) is 0.238. The van der Waals surface area contributed by atoms with Gasteiger partial charge in [-0.2, -0.15) is 18.2 Å². The number of hydrogen-bond donors (Lipinski definition) is 0. The SMILES string of the molecule is COc1ccc2nc(Cl)c3c(C(F)(F)F)nc(Br)n3c2n1. The zero-order valence-corrected chi connectivity index (χ0v) is 12.6. The van der Waals surface area contributed by atoms with Crippen molar-refractivity contribution in [3.05, 3.63) is 27.7 Å². The number of pyridine rings is 1. The average Bonchev–Trinajstić information content (AvgIpc) is 2.77. The molecule has 10 heteroatoms. The Morgan fingerprint density at radius 2 is 1.95 bits per heavy atom. The Hall–Kier alpha value is -1.61. The van der Waals surface area contributed by atoms with Gasteiger partial charge in [0.2, 0.25) is 5.88 Å². The van der Waals surface area contributed by atoms with E-state index in [0.717, 1.165) is 4.40 Å². The first-order valence-corrected chi connectivity index (χ1v) is 6.65. The molecule has 0 N–H and O–H groups in total. The predicted molar refractivity (Wildman–Crippen MR) is 72.6 cm³/mol. The van der Waals surface area contributed by atoms with Gasteiger partial charge >= 0.3 is 6.18 Å². The molecule has 0 aliphatic heterocycles. The predicted octanol–water partition coefficient (Wildman–Crippen LogP) is 3.72. The van der Waals surface area contributed by atoms with E-state index in [-0.39, 0.29) is 26.9 Å². The number of aromatic nitrogens is 4. The molecule has 3 heterocycles. The fourth-order valence-electron chi connectivity index (χ4n) is 1.92. The molecule has 0 spiro atoms. The van der Waals surface area contributed by atoms with E-state index in [2.05, 4.69) is 30.9 Å². The van der Waals surface area contributed by atoms with Crippen LogP contribution < -0.4 is 4.74 Å². The second-order valence-electron chi connectivity index (χ2n) is 4.01. The monoisotopic (exact) mass is 380 g/mol. The van der Waals surface area contributed by atoms with Gasteiger partial charge in [0.25, 0.3) is 0 Å². The second kappa shape index (κ2) is 4.70. The number of ether oxygens (including phenoxy) is 1. The molecule has 0 aliphatic carbocycles. The van der Waals surface area contributed by atoms with Crippen LogP contribution in [0.2, 0.25) is 5.15 Å². The molecule has 5 nitrogen and oxygen atoms in total. The minimum Gasteiger partial charge on any atom is -0.481 e. The zero-order valence-electron chi connectivity index (χ0n) is 10.2. The lowest BCUT2D eigenvalue weighted by Gasteiger charge is -2.07. The standard InChI is InChI=1S/C11H5BrClF3N4O/c1-21-5-3-2-4-9(18-5)20-6(8(13)17-4)7(11(14,15)16)19-10(20)12/h2-3H,1H3. The van der Waals surface area contributed by atoms with Crippen molar-refractivity contribution in [3.8, 4) is 5.88 Å². The van der Waals surface area contributed by atoms with E-state index in [1.54, 1.807) is 6.07 Å². The summed E-state index contributed by atoms with van der Waals surface area (Å²) < 4.78 is 45.1. The smallest absolute Gasteiger partial charge is 0.435 e. The van der Waals surface area contributed by atoms with Crippen LogP contribution in [-0.2, 0) is 6.18 Å². The lowest BCUT2D eigenvalue weighted by Crippen LogP contribution is -2.07. The highest BCUT2D eigenvalue weighted by atomic mass is 79.9. The summed E-state index contributed by atoms with van der Waals surface area (Å²) in [6, 6.07) is 3.08. The van der Waals surface area contributed by atoms with Crippen molar-refractivity contribution < 1.29 is 17.9 Å². The van der Waals surface area contributed by atoms with Gasteiger partial charge in [0.1, 0.15) is 11.0 Å². The summed E-state index contributed by atoms with van der Waals surface area (Å²) in [4.78, 5) is 11.5. The summed E-state index contributed by atoms with van der Waals surface area (Å²) in [6.45, 7) is 0. The number of alkyl halides is 3. The van der Waals surface area contributed by atoms with Gasteiger partial charge < -0.3 is 4.74 Å². The quantitative estimate of drug-likeness (QED) is 0.645. The molecule has 3 rings (SSSR count). The highest BCUT2D eigenvalue weighted by Gasteiger charge is 2.38. The lowest BCUT2D eigenvalue weighted by atomic mass is 10.3. The second-order valence-corrected chi connectivity index (χ2v) is 5.08. The first kappa shape index (κ1) is 14.3. The van der Waals surface area contributed by atoms with Gasteiger partial charge in [-0.05, 0) is 22.0 Å². The van der Waals surface area contributed by atoms with Crippen molar-refractivity contribution in [1.29, 1.82) is 0 Å². The Balaban J connectivity index is 2.52. The van der Waals surface area contributed by atoms with E-state index in [1.807, 2.05) is 0 Å². The van der Waals surface area contributed by atoms with Crippen LogP contribution in [-0.4, -0.2) is 26.5 Å². The van der Waals surface area contributed by atoms with Gasteiger partial charge in [0.15, 0.2) is 21.2 Å². The summed E-state index contributed by atoms with van der Waals surface area (Å²) in [7, 11) is 1.40. The molecule has 21 heavy (non-hydrogen) atoms. The van der Waals surface area contributed by atoms with Crippen LogP contribution in [0.1, 0.15) is 5.69 Å². The molecular weight excluding hydrogens is 376 g/mol. The van der Waals surface area contributed by atoms with Crippen molar-refractivity contribution in [1.82, 2.24) is 19.4 Å². The Labute approximate surface area is 128 Å².